The molecule has 0 saturated carbocycles. The van der Waals surface area contributed by atoms with Gasteiger partial charge < -0.3 is 5.32 Å². The Morgan fingerprint density at radius 2 is 2.20 bits per heavy atom. The molecule has 0 bridgehead atoms. The van der Waals surface area contributed by atoms with Gasteiger partial charge in [0.05, 0.1) is 0 Å². The number of unbranched alkanes of at least 4 members (excludes halogenated alkanes) is 1. The first kappa shape index (κ1) is 15.1. The molecular weight excluding hydrogens is 230 g/mol. The van der Waals surface area contributed by atoms with Crippen LogP contribution in [0.25, 0.3) is 0 Å². The van der Waals surface area contributed by atoms with E-state index in [0.717, 1.165) is 30.8 Å². The maximum absolute atomic E-state index is 11.4. The second kappa shape index (κ2) is 10.6. The van der Waals surface area contributed by atoms with Gasteiger partial charge in [0.2, 0.25) is 5.91 Å². The van der Waals surface area contributed by atoms with E-state index in [0.29, 0.717) is 18.3 Å². The molecule has 0 saturated heterocycles. The Balaban J connectivity index is 3.40. The molecule has 0 radical (unpaired) electrons. The number of thioether (sulfide) groups is 1. The van der Waals surface area contributed by atoms with E-state index in [-0.39, 0.29) is 5.91 Å². The molecule has 0 aromatic carbocycles. The third kappa shape index (κ3) is 10.4. The Morgan fingerprint density at radius 1 is 1.47 bits per heavy atom. The van der Waals surface area contributed by atoms with Crippen molar-refractivity contribution in [2.45, 2.75) is 45.6 Å². The third-order valence-corrected chi connectivity index (χ3v) is 3.29. The van der Waals surface area contributed by atoms with Gasteiger partial charge in [-0.1, -0.05) is 6.92 Å². The minimum Gasteiger partial charge on any atom is -0.354 e. The van der Waals surface area contributed by atoms with Crippen molar-refractivity contribution in [3.05, 3.63) is 0 Å². The molecule has 1 N–H and O–H groups in total. The summed E-state index contributed by atoms with van der Waals surface area (Å²) in [6.45, 7) is 4.22. The fourth-order valence-corrected chi connectivity index (χ4v) is 2.20. The maximum Gasteiger partial charge on any atom is 0.220 e. The van der Waals surface area contributed by atoms with Crippen LogP contribution in [0.4, 0.5) is 0 Å². The lowest BCUT2D eigenvalue weighted by molar-refractivity contribution is -0.121. The average Bonchev–Trinajstić information content (AvgIpc) is 2.18. The molecule has 0 spiro atoms. The Bertz CT molecular complexity index is 167. The van der Waals surface area contributed by atoms with Crippen LogP contribution in [-0.2, 0) is 4.79 Å². The van der Waals surface area contributed by atoms with Gasteiger partial charge in [0.1, 0.15) is 0 Å². The molecule has 0 aliphatic heterocycles. The highest BCUT2D eigenvalue weighted by Gasteiger charge is 2.06. The lowest BCUT2D eigenvalue weighted by atomic mass is 10.2. The Morgan fingerprint density at radius 3 is 2.80 bits per heavy atom. The van der Waals surface area contributed by atoms with Crippen molar-refractivity contribution in [3.8, 4) is 0 Å². The smallest absolute Gasteiger partial charge is 0.220 e. The summed E-state index contributed by atoms with van der Waals surface area (Å²) in [7, 11) is 0. The molecule has 4 heteroatoms. The van der Waals surface area contributed by atoms with Crippen molar-refractivity contribution in [2.75, 3.05) is 17.4 Å². The summed E-state index contributed by atoms with van der Waals surface area (Å²) in [5.41, 5.74) is 0. The van der Waals surface area contributed by atoms with Crippen LogP contribution in [0.2, 0.25) is 0 Å². The summed E-state index contributed by atoms with van der Waals surface area (Å²) >= 11 is 7.46. The second-order valence-electron chi connectivity index (χ2n) is 3.60. The van der Waals surface area contributed by atoms with Crippen LogP contribution in [0.5, 0.6) is 0 Å². The van der Waals surface area contributed by atoms with Crippen LogP contribution >= 0.6 is 23.4 Å². The van der Waals surface area contributed by atoms with Gasteiger partial charge in [-0.3, -0.25) is 4.79 Å². The van der Waals surface area contributed by atoms with Crippen molar-refractivity contribution >= 4 is 29.3 Å². The minimum absolute atomic E-state index is 0.161. The maximum atomic E-state index is 11.4. The summed E-state index contributed by atoms with van der Waals surface area (Å²) in [6, 6.07) is 0.299. The van der Waals surface area contributed by atoms with Gasteiger partial charge in [0.25, 0.3) is 0 Å². The predicted molar refractivity (Wildman–Crippen MR) is 69.8 cm³/mol. The number of amides is 1. The van der Waals surface area contributed by atoms with Gasteiger partial charge >= 0.3 is 0 Å². The molecule has 0 fully saturated rings. The van der Waals surface area contributed by atoms with E-state index in [1.54, 1.807) is 0 Å². The number of hydrogen-bond acceptors (Lipinski definition) is 2. The zero-order chi connectivity index (χ0) is 11.5. The molecule has 2 nitrogen and oxygen atoms in total. The van der Waals surface area contributed by atoms with Gasteiger partial charge in [0.15, 0.2) is 0 Å². The molecule has 1 atom stereocenters. The highest BCUT2D eigenvalue weighted by Crippen LogP contribution is 2.04. The molecule has 0 rings (SSSR count). The van der Waals surface area contributed by atoms with Gasteiger partial charge in [0, 0.05) is 18.3 Å². The third-order valence-electron chi connectivity index (χ3n) is 2.09. The van der Waals surface area contributed by atoms with E-state index in [4.69, 9.17) is 11.6 Å². The Kier molecular flexibility index (Phi) is 10.7. The number of rotatable bonds is 9. The molecule has 0 aliphatic carbocycles. The molecule has 90 valence electrons. The van der Waals surface area contributed by atoms with Gasteiger partial charge in [-0.05, 0) is 37.7 Å². The normalized spacial score (nSPS) is 12.5. The SMILES string of the molecule is CCSCCC(C)NC(=O)CCCCCl. The average molecular weight is 252 g/mol. The van der Waals surface area contributed by atoms with Gasteiger partial charge in [-0.2, -0.15) is 11.8 Å². The van der Waals surface area contributed by atoms with E-state index in [1.165, 1.54) is 0 Å². The highest BCUT2D eigenvalue weighted by molar-refractivity contribution is 7.99. The summed E-state index contributed by atoms with van der Waals surface area (Å²) in [5, 5.41) is 3.00. The van der Waals surface area contributed by atoms with Crippen LogP contribution in [-0.4, -0.2) is 29.3 Å². The monoisotopic (exact) mass is 251 g/mol. The molecule has 1 amide bonds. The first-order valence-electron chi connectivity index (χ1n) is 5.63. The van der Waals surface area contributed by atoms with E-state index in [2.05, 4.69) is 19.2 Å². The molecular formula is C11H22ClNOS. The van der Waals surface area contributed by atoms with Crippen molar-refractivity contribution in [1.29, 1.82) is 0 Å². The lowest BCUT2D eigenvalue weighted by Gasteiger charge is -2.13. The topological polar surface area (TPSA) is 29.1 Å². The molecule has 0 aromatic rings. The summed E-state index contributed by atoms with van der Waals surface area (Å²) in [6.07, 6.45) is 3.48. The van der Waals surface area contributed by atoms with E-state index >= 15 is 0 Å². The predicted octanol–water partition coefficient (Wildman–Crippen LogP) is 3.04. The standard InChI is InChI=1S/C11H22ClNOS/c1-3-15-9-7-10(2)13-11(14)6-4-5-8-12/h10H,3-9H2,1-2H3,(H,13,14). The van der Waals surface area contributed by atoms with Crippen LogP contribution in [0, 0.1) is 0 Å². The molecule has 1 unspecified atom stereocenters. The second-order valence-corrected chi connectivity index (χ2v) is 5.37. The zero-order valence-electron chi connectivity index (χ0n) is 9.72. The number of carbonyl (C=O) groups is 1. The van der Waals surface area contributed by atoms with Gasteiger partial charge in [-0.15, -0.1) is 11.6 Å². The summed E-state index contributed by atoms with van der Waals surface area (Å²) in [5.74, 6) is 3.08. The van der Waals surface area contributed by atoms with Crippen molar-refractivity contribution in [1.82, 2.24) is 5.32 Å². The quantitative estimate of drug-likeness (QED) is 0.504. The Hall–Kier alpha value is 0.110. The number of nitrogens with one attached hydrogen (secondary N) is 1. The summed E-state index contributed by atoms with van der Waals surface area (Å²) in [4.78, 5) is 11.4. The van der Waals surface area contributed by atoms with E-state index in [1.807, 2.05) is 11.8 Å². The van der Waals surface area contributed by atoms with Crippen LogP contribution in [0.15, 0.2) is 0 Å². The summed E-state index contributed by atoms with van der Waals surface area (Å²) < 4.78 is 0. The first-order chi connectivity index (χ1) is 7.20. The molecule has 15 heavy (non-hydrogen) atoms. The van der Waals surface area contributed by atoms with Gasteiger partial charge in [-0.25, -0.2) is 0 Å². The minimum atomic E-state index is 0.161. The largest absolute Gasteiger partial charge is 0.354 e. The van der Waals surface area contributed by atoms with Crippen molar-refractivity contribution in [2.24, 2.45) is 0 Å². The first-order valence-corrected chi connectivity index (χ1v) is 7.32. The zero-order valence-corrected chi connectivity index (χ0v) is 11.3. The van der Waals surface area contributed by atoms with Crippen LogP contribution < -0.4 is 5.32 Å². The van der Waals surface area contributed by atoms with Crippen LogP contribution in [0.3, 0.4) is 0 Å². The number of carbonyl (C=O) groups excluding carboxylic acids is 1. The van der Waals surface area contributed by atoms with Crippen LogP contribution in [0.1, 0.15) is 39.5 Å². The van der Waals surface area contributed by atoms with Crippen molar-refractivity contribution < 1.29 is 4.79 Å². The Labute approximate surface area is 103 Å². The van der Waals surface area contributed by atoms with E-state index in [9.17, 15) is 4.79 Å². The fraction of sp³-hybridized carbons (Fsp3) is 0.909. The molecule has 0 aliphatic rings. The highest BCUT2D eigenvalue weighted by atomic mass is 35.5. The fourth-order valence-electron chi connectivity index (χ4n) is 1.20. The molecule has 0 heterocycles. The van der Waals surface area contributed by atoms with Crippen molar-refractivity contribution in [3.63, 3.8) is 0 Å². The number of halogens is 1. The number of alkyl halides is 1. The number of hydrogen-bond donors (Lipinski definition) is 1. The molecule has 0 aromatic heterocycles. The lowest BCUT2D eigenvalue weighted by Crippen LogP contribution is -2.32. The van der Waals surface area contributed by atoms with E-state index < -0.39 is 0 Å².